The Hall–Kier alpha value is -3.21. The summed E-state index contributed by atoms with van der Waals surface area (Å²) in [7, 11) is 0. The van der Waals surface area contributed by atoms with Gasteiger partial charge < -0.3 is 36.4 Å². The number of aliphatic hydroxyl groups excluding tert-OH is 3. The van der Waals surface area contributed by atoms with Gasteiger partial charge in [-0.3, -0.25) is 14.4 Å². The van der Waals surface area contributed by atoms with E-state index in [1.165, 1.54) is 25.1 Å². The molecule has 10 nitrogen and oxygen atoms in total. The number of aromatic hydroxyl groups is 1. The summed E-state index contributed by atoms with van der Waals surface area (Å²) in [6, 6.07) is 4.08. The summed E-state index contributed by atoms with van der Waals surface area (Å²) in [4.78, 5) is 37.3. The zero-order valence-corrected chi connectivity index (χ0v) is 15.7. The number of primary amides is 1. The minimum absolute atomic E-state index is 0.0983. The topological polar surface area (TPSA) is 199 Å². The number of hydrogen-bond donors (Lipinski definition) is 7. The number of fused-ring (bicyclic) bond motifs is 3. The maximum Gasteiger partial charge on any atom is 0.255 e. The van der Waals surface area contributed by atoms with Crippen LogP contribution in [0.3, 0.4) is 0 Å². The fourth-order valence-electron chi connectivity index (χ4n) is 4.91. The molecular formula is C20H19NO9. The number of carbonyl (C=O) groups is 3. The van der Waals surface area contributed by atoms with Crippen LogP contribution < -0.4 is 5.73 Å². The Morgan fingerprint density at radius 2 is 1.80 bits per heavy atom. The monoisotopic (exact) mass is 417 g/mol. The van der Waals surface area contributed by atoms with Crippen molar-refractivity contribution < 1.29 is 45.0 Å². The van der Waals surface area contributed by atoms with Crippen molar-refractivity contribution in [3.63, 3.8) is 0 Å². The molecule has 0 spiro atoms. The van der Waals surface area contributed by atoms with Crippen molar-refractivity contribution in [3.8, 4) is 5.75 Å². The highest BCUT2D eigenvalue weighted by Crippen LogP contribution is 2.56. The lowest BCUT2D eigenvalue weighted by Gasteiger charge is -2.51. The van der Waals surface area contributed by atoms with Crippen molar-refractivity contribution in [2.75, 3.05) is 0 Å². The summed E-state index contributed by atoms with van der Waals surface area (Å²) in [6.07, 6.45) is -2.48. The van der Waals surface area contributed by atoms with Crippen LogP contribution in [0.15, 0.2) is 35.1 Å². The SMILES string of the molecule is C[C@@]1(O)c2cccc(O)c2C(O)=C2C(=O)[C@]3(O)C(O)=C(C(N)=O)C(=O)[C@@H](O)[C@@H]3C[C@@H]21. The van der Waals surface area contributed by atoms with E-state index in [2.05, 4.69) is 0 Å². The number of aliphatic hydroxyl groups is 5. The molecule has 1 amide bonds. The van der Waals surface area contributed by atoms with Crippen molar-refractivity contribution >= 4 is 23.2 Å². The van der Waals surface area contributed by atoms with E-state index >= 15 is 0 Å². The molecule has 1 fully saturated rings. The number of phenols is 1. The molecule has 0 heterocycles. The standard InChI is InChI=1S/C20H19NO9/c1-19(29)6-3-2-4-9(22)10(6)14(24)11-7(19)5-8-13(23)15(25)12(18(21)28)17(27)20(8,30)16(11)26/h2-4,7-8,13,22-24,27,29-30H,5H2,1H3,(H2,21,28)/t7-,8-,13-,19+,20-/m0/s1. The molecule has 8 N–H and O–H groups in total. The van der Waals surface area contributed by atoms with Crippen LogP contribution in [0, 0.1) is 11.8 Å². The molecule has 1 saturated carbocycles. The van der Waals surface area contributed by atoms with E-state index in [0.717, 1.165) is 0 Å². The Labute approximate surface area is 169 Å². The van der Waals surface area contributed by atoms with Crippen molar-refractivity contribution in [1.82, 2.24) is 0 Å². The maximum atomic E-state index is 13.3. The summed E-state index contributed by atoms with van der Waals surface area (Å²) >= 11 is 0. The van der Waals surface area contributed by atoms with Gasteiger partial charge in [-0.2, -0.15) is 0 Å². The predicted molar refractivity (Wildman–Crippen MR) is 98.6 cm³/mol. The number of phenolic OH excluding ortho intramolecular Hbond substituents is 1. The average molecular weight is 417 g/mol. The molecule has 30 heavy (non-hydrogen) atoms. The Kier molecular flexibility index (Phi) is 3.95. The zero-order chi connectivity index (χ0) is 22.3. The summed E-state index contributed by atoms with van der Waals surface area (Å²) in [5.41, 5.74) is -1.46. The van der Waals surface area contributed by atoms with Gasteiger partial charge in [-0.1, -0.05) is 12.1 Å². The normalized spacial score (nSPS) is 35.7. The highest BCUT2D eigenvalue weighted by molar-refractivity contribution is 6.24. The molecule has 0 aromatic heterocycles. The molecule has 4 rings (SSSR count). The lowest BCUT2D eigenvalue weighted by Crippen LogP contribution is -2.64. The van der Waals surface area contributed by atoms with Gasteiger partial charge >= 0.3 is 0 Å². The average Bonchev–Trinajstić information content (AvgIpc) is 2.66. The van der Waals surface area contributed by atoms with E-state index in [-0.39, 0.29) is 11.1 Å². The van der Waals surface area contributed by atoms with Crippen molar-refractivity contribution in [2.24, 2.45) is 17.6 Å². The summed E-state index contributed by atoms with van der Waals surface area (Å²) < 4.78 is 0. The van der Waals surface area contributed by atoms with Gasteiger partial charge in [-0.05, 0) is 25.0 Å². The van der Waals surface area contributed by atoms with E-state index < -0.39 is 81.5 Å². The first kappa shape index (κ1) is 20.1. The maximum absolute atomic E-state index is 13.3. The van der Waals surface area contributed by atoms with Gasteiger partial charge in [-0.15, -0.1) is 0 Å². The fourth-order valence-corrected chi connectivity index (χ4v) is 4.91. The third kappa shape index (κ3) is 2.15. The van der Waals surface area contributed by atoms with E-state index in [1.54, 1.807) is 0 Å². The smallest absolute Gasteiger partial charge is 0.255 e. The first-order valence-electron chi connectivity index (χ1n) is 9.08. The van der Waals surface area contributed by atoms with Gasteiger partial charge in [0.2, 0.25) is 11.6 Å². The van der Waals surface area contributed by atoms with Crippen molar-refractivity contribution in [2.45, 2.75) is 30.7 Å². The molecule has 0 aliphatic heterocycles. The van der Waals surface area contributed by atoms with E-state index in [0.29, 0.717) is 0 Å². The second kappa shape index (κ2) is 5.91. The van der Waals surface area contributed by atoms with Crippen molar-refractivity contribution in [1.29, 1.82) is 0 Å². The quantitative estimate of drug-likeness (QED) is 0.282. The molecule has 0 radical (unpaired) electrons. The second-order valence-electron chi connectivity index (χ2n) is 8.00. The Morgan fingerprint density at radius 1 is 1.17 bits per heavy atom. The molecule has 0 bridgehead atoms. The van der Waals surface area contributed by atoms with Crippen LogP contribution in [0.25, 0.3) is 5.76 Å². The molecule has 0 saturated heterocycles. The lowest BCUT2D eigenvalue weighted by molar-refractivity contribution is -0.164. The van der Waals surface area contributed by atoms with Gasteiger partial charge in [0.25, 0.3) is 5.91 Å². The lowest BCUT2D eigenvalue weighted by atomic mass is 9.55. The molecular weight excluding hydrogens is 398 g/mol. The number of rotatable bonds is 1. The van der Waals surface area contributed by atoms with E-state index in [9.17, 15) is 45.0 Å². The summed E-state index contributed by atoms with van der Waals surface area (Å²) in [6.45, 7) is 1.32. The Balaban J connectivity index is 2.04. The summed E-state index contributed by atoms with van der Waals surface area (Å²) in [5, 5.41) is 64.2. The molecule has 0 unspecified atom stereocenters. The highest BCUT2D eigenvalue weighted by atomic mass is 16.4. The molecule has 158 valence electrons. The summed E-state index contributed by atoms with van der Waals surface area (Å²) in [5.74, 6) is -9.32. The van der Waals surface area contributed by atoms with Crippen LogP contribution in [0.5, 0.6) is 5.75 Å². The first-order chi connectivity index (χ1) is 13.9. The highest BCUT2D eigenvalue weighted by Gasteiger charge is 2.66. The van der Waals surface area contributed by atoms with Crippen LogP contribution in [0.4, 0.5) is 0 Å². The third-order valence-corrected chi connectivity index (χ3v) is 6.46. The number of amides is 1. The molecule has 3 aliphatic carbocycles. The van der Waals surface area contributed by atoms with E-state index in [1.807, 2.05) is 0 Å². The van der Waals surface area contributed by atoms with Crippen LogP contribution in [0.1, 0.15) is 24.5 Å². The first-order valence-corrected chi connectivity index (χ1v) is 9.08. The largest absolute Gasteiger partial charge is 0.508 e. The number of nitrogens with two attached hydrogens (primary N) is 1. The molecule has 1 aromatic carbocycles. The van der Waals surface area contributed by atoms with Crippen LogP contribution in [-0.2, 0) is 20.0 Å². The third-order valence-electron chi connectivity index (χ3n) is 6.46. The van der Waals surface area contributed by atoms with Gasteiger partial charge in [0.1, 0.15) is 28.9 Å². The van der Waals surface area contributed by atoms with Crippen LogP contribution >= 0.6 is 0 Å². The molecule has 1 aromatic rings. The Bertz CT molecular complexity index is 1100. The molecule has 5 atom stereocenters. The van der Waals surface area contributed by atoms with Gasteiger partial charge in [0, 0.05) is 17.4 Å². The number of hydrogen-bond acceptors (Lipinski definition) is 9. The minimum atomic E-state index is -2.94. The van der Waals surface area contributed by atoms with Crippen LogP contribution in [-0.4, -0.2) is 59.8 Å². The zero-order valence-electron chi connectivity index (χ0n) is 15.7. The second-order valence-corrected chi connectivity index (χ2v) is 8.00. The molecule has 10 heteroatoms. The number of benzene rings is 1. The molecule has 3 aliphatic rings. The number of ketones is 2. The fraction of sp³-hybridized carbons (Fsp3) is 0.350. The minimum Gasteiger partial charge on any atom is -0.508 e. The van der Waals surface area contributed by atoms with Gasteiger partial charge in [0.05, 0.1) is 11.2 Å². The van der Waals surface area contributed by atoms with Crippen LogP contribution in [0.2, 0.25) is 0 Å². The predicted octanol–water partition coefficient (Wildman–Crippen LogP) is -0.940. The Morgan fingerprint density at radius 3 is 2.40 bits per heavy atom. The van der Waals surface area contributed by atoms with E-state index in [4.69, 9.17) is 5.73 Å². The number of Topliss-reactive ketones (excluding diaryl/α,β-unsaturated/α-hetero) is 2. The van der Waals surface area contributed by atoms with Gasteiger partial charge in [0.15, 0.2) is 5.60 Å². The van der Waals surface area contributed by atoms with Gasteiger partial charge in [-0.25, -0.2) is 0 Å². The number of carbonyl (C=O) groups excluding carboxylic acids is 3. The van der Waals surface area contributed by atoms with Crippen molar-refractivity contribution in [3.05, 3.63) is 46.2 Å².